The van der Waals surface area contributed by atoms with Crippen LogP contribution >= 0.6 is 0 Å². The van der Waals surface area contributed by atoms with Crippen LogP contribution in [0.3, 0.4) is 0 Å². The Balaban J connectivity index is 2.02. The fourth-order valence-electron chi connectivity index (χ4n) is 3.41. The zero-order chi connectivity index (χ0) is 14.6. The maximum atomic E-state index is 3.61. The molecule has 0 aromatic heterocycles. The van der Waals surface area contributed by atoms with Crippen molar-refractivity contribution in [2.24, 2.45) is 5.92 Å². The van der Waals surface area contributed by atoms with Crippen molar-refractivity contribution in [3.8, 4) is 0 Å². The van der Waals surface area contributed by atoms with Gasteiger partial charge in [-0.3, -0.25) is 0 Å². The zero-order valence-corrected chi connectivity index (χ0v) is 13.7. The topological polar surface area (TPSA) is 12.0 Å². The normalized spacial score (nSPS) is 23.2. The van der Waals surface area contributed by atoms with Crippen LogP contribution in [-0.2, 0) is 5.41 Å². The average molecular weight is 273 g/mol. The van der Waals surface area contributed by atoms with Gasteiger partial charge in [-0.1, -0.05) is 58.4 Å². The van der Waals surface area contributed by atoms with E-state index in [1.165, 1.54) is 37.8 Å². The number of hydrogen-bond acceptors (Lipinski definition) is 1. The molecule has 1 heteroatoms. The summed E-state index contributed by atoms with van der Waals surface area (Å²) in [6, 6.07) is 9.43. The molecular weight excluding hydrogens is 242 g/mol. The maximum absolute atomic E-state index is 3.61. The van der Waals surface area contributed by atoms with E-state index in [0.717, 1.165) is 18.4 Å². The third-order valence-corrected chi connectivity index (χ3v) is 4.70. The van der Waals surface area contributed by atoms with E-state index in [1.54, 1.807) is 5.56 Å². The van der Waals surface area contributed by atoms with Crippen molar-refractivity contribution in [2.45, 2.75) is 64.7 Å². The Bertz CT molecular complexity index is 399. The predicted molar refractivity (Wildman–Crippen MR) is 88.4 cm³/mol. The summed E-state index contributed by atoms with van der Waals surface area (Å²) in [4.78, 5) is 0. The molecule has 20 heavy (non-hydrogen) atoms. The molecule has 1 nitrogen and oxygen atoms in total. The van der Waals surface area contributed by atoms with Crippen LogP contribution in [0, 0.1) is 5.92 Å². The van der Waals surface area contributed by atoms with E-state index < -0.39 is 0 Å². The highest BCUT2D eigenvalue weighted by atomic mass is 14.9. The van der Waals surface area contributed by atoms with E-state index in [0.29, 0.717) is 0 Å². The predicted octanol–water partition coefficient (Wildman–Crippen LogP) is 4.87. The molecule has 1 aliphatic carbocycles. The first kappa shape index (κ1) is 15.6. The van der Waals surface area contributed by atoms with Crippen LogP contribution in [0.5, 0.6) is 0 Å². The number of benzene rings is 1. The molecule has 0 bridgehead atoms. The fourth-order valence-corrected chi connectivity index (χ4v) is 3.41. The van der Waals surface area contributed by atoms with Crippen LogP contribution in [0.1, 0.15) is 70.4 Å². The fraction of sp³-hybridized carbons (Fsp3) is 0.684. The molecule has 1 fully saturated rings. The SMILES string of the molecule is CCCNCC1CCCC1c1ccc(C(C)(C)C)cc1. The lowest BCUT2D eigenvalue weighted by Gasteiger charge is -2.23. The highest BCUT2D eigenvalue weighted by Crippen LogP contribution is 2.39. The third kappa shape index (κ3) is 3.85. The van der Waals surface area contributed by atoms with Gasteiger partial charge in [-0.2, -0.15) is 0 Å². The second-order valence-corrected chi connectivity index (χ2v) is 7.37. The van der Waals surface area contributed by atoms with E-state index >= 15 is 0 Å². The maximum Gasteiger partial charge on any atom is -0.00147 e. The summed E-state index contributed by atoms with van der Waals surface area (Å²) in [6.45, 7) is 11.5. The molecule has 1 aliphatic rings. The Labute approximate surface area is 125 Å². The summed E-state index contributed by atoms with van der Waals surface area (Å²) in [5.41, 5.74) is 3.26. The second-order valence-electron chi connectivity index (χ2n) is 7.37. The van der Waals surface area contributed by atoms with Gasteiger partial charge in [0.1, 0.15) is 0 Å². The van der Waals surface area contributed by atoms with Crippen molar-refractivity contribution in [3.05, 3.63) is 35.4 Å². The van der Waals surface area contributed by atoms with Gasteiger partial charge in [-0.25, -0.2) is 0 Å². The smallest absolute Gasteiger partial charge is 0.00147 e. The summed E-state index contributed by atoms with van der Waals surface area (Å²) in [5.74, 6) is 1.61. The van der Waals surface area contributed by atoms with Gasteiger partial charge < -0.3 is 5.32 Å². The van der Waals surface area contributed by atoms with Crippen molar-refractivity contribution in [3.63, 3.8) is 0 Å². The lowest BCUT2D eigenvalue weighted by atomic mass is 9.83. The van der Waals surface area contributed by atoms with Gasteiger partial charge in [-0.15, -0.1) is 0 Å². The van der Waals surface area contributed by atoms with Crippen LogP contribution < -0.4 is 5.32 Å². The number of hydrogen-bond donors (Lipinski definition) is 1. The largest absolute Gasteiger partial charge is 0.316 e. The Morgan fingerprint density at radius 1 is 1.10 bits per heavy atom. The Morgan fingerprint density at radius 3 is 2.40 bits per heavy atom. The standard InChI is InChI=1S/C19H31N/c1-5-13-20-14-16-7-6-8-18(16)15-9-11-17(12-10-15)19(2,3)4/h9-12,16,18,20H,5-8,13-14H2,1-4H3. The van der Waals surface area contributed by atoms with Crippen LogP contribution in [-0.4, -0.2) is 13.1 Å². The highest BCUT2D eigenvalue weighted by Gasteiger charge is 2.28. The molecule has 2 rings (SSSR count). The van der Waals surface area contributed by atoms with Crippen molar-refractivity contribution in [1.29, 1.82) is 0 Å². The average Bonchev–Trinajstić information content (AvgIpc) is 2.87. The van der Waals surface area contributed by atoms with Gasteiger partial charge in [0.15, 0.2) is 0 Å². The minimum Gasteiger partial charge on any atom is -0.316 e. The van der Waals surface area contributed by atoms with Gasteiger partial charge >= 0.3 is 0 Å². The molecule has 1 N–H and O–H groups in total. The third-order valence-electron chi connectivity index (χ3n) is 4.70. The molecule has 2 unspecified atom stereocenters. The summed E-state index contributed by atoms with van der Waals surface area (Å²) < 4.78 is 0. The van der Waals surface area contributed by atoms with Gasteiger partial charge in [-0.05, 0) is 60.7 Å². The quantitative estimate of drug-likeness (QED) is 0.755. The molecule has 0 aliphatic heterocycles. The molecule has 0 spiro atoms. The van der Waals surface area contributed by atoms with Crippen LogP contribution in [0.25, 0.3) is 0 Å². The van der Waals surface area contributed by atoms with Gasteiger partial charge in [0.05, 0.1) is 0 Å². The van der Waals surface area contributed by atoms with Crippen LogP contribution in [0.15, 0.2) is 24.3 Å². The van der Waals surface area contributed by atoms with Crippen LogP contribution in [0.4, 0.5) is 0 Å². The molecule has 0 radical (unpaired) electrons. The molecule has 2 atom stereocenters. The van der Waals surface area contributed by atoms with E-state index in [1.807, 2.05) is 0 Å². The second kappa shape index (κ2) is 6.76. The molecule has 112 valence electrons. The monoisotopic (exact) mass is 273 g/mol. The van der Waals surface area contributed by atoms with Crippen molar-refractivity contribution in [2.75, 3.05) is 13.1 Å². The van der Waals surface area contributed by atoms with Crippen LogP contribution in [0.2, 0.25) is 0 Å². The number of nitrogens with one attached hydrogen (secondary N) is 1. The molecule has 1 saturated carbocycles. The van der Waals surface area contributed by atoms with Crippen molar-refractivity contribution < 1.29 is 0 Å². The van der Waals surface area contributed by atoms with E-state index in [4.69, 9.17) is 0 Å². The zero-order valence-electron chi connectivity index (χ0n) is 13.7. The molecule has 1 aromatic carbocycles. The first-order chi connectivity index (χ1) is 9.52. The number of rotatable bonds is 5. The van der Waals surface area contributed by atoms with E-state index in [2.05, 4.69) is 57.3 Å². The Hall–Kier alpha value is -0.820. The molecule has 0 amide bonds. The molecule has 1 aromatic rings. The van der Waals surface area contributed by atoms with E-state index in [9.17, 15) is 0 Å². The lowest BCUT2D eigenvalue weighted by Crippen LogP contribution is -2.25. The summed E-state index contributed by atoms with van der Waals surface area (Å²) in [7, 11) is 0. The first-order valence-corrected chi connectivity index (χ1v) is 8.33. The first-order valence-electron chi connectivity index (χ1n) is 8.33. The summed E-state index contributed by atoms with van der Waals surface area (Å²) >= 11 is 0. The lowest BCUT2D eigenvalue weighted by molar-refractivity contribution is 0.444. The molecule has 0 heterocycles. The van der Waals surface area contributed by atoms with Crippen molar-refractivity contribution in [1.82, 2.24) is 5.32 Å². The van der Waals surface area contributed by atoms with Gasteiger partial charge in [0, 0.05) is 0 Å². The molecular formula is C19H31N. The summed E-state index contributed by atoms with van der Waals surface area (Å²) in [6.07, 6.45) is 5.39. The highest BCUT2D eigenvalue weighted by molar-refractivity contribution is 5.30. The minimum absolute atomic E-state index is 0.260. The molecule has 0 saturated heterocycles. The Morgan fingerprint density at radius 2 is 1.80 bits per heavy atom. The summed E-state index contributed by atoms with van der Waals surface area (Å²) in [5, 5.41) is 3.61. The van der Waals surface area contributed by atoms with Crippen molar-refractivity contribution >= 4 is 0 Å². The van der Waals surface area contributed by atoms with Gasteiger partial charge in [0.25, 0.3) is 0 Å². The minimum atomic E-state index is 0.260. The van der Waals surface area contributed by atoms with Gasteiger partial charge in [0.2, 0.25) is 0 Å². The Kier molecular flexibility index (Phi) is 5.26. The van der Waals surface area contributed by atoms with E-state index in [-0.39, 0.29) is 5.41 Å².